The number of alkyl halides is 3. The van der Waals surface area contributed by atoms with E-state index in [1.54, 1.807) is 13.0 Å². The summed E-state index contributed by atoms with van der Waals surface area (Å²) in [5, 5.41) is 8.77. The second-order valence-corrected chi connectivity index (χ2v) is 4.71. The van der Waals surface area contributed by atoms with Crippen molar-refractivity contribution < 1.29 is 23.1 Å². The number of hydrogen-bond acceptors (Lipinski definition) is 2. The minimum Gasteiger partial charge on any atom is -0.481 e. The topological polar surface area (TPSA) is 40.5 Å². The maximum atomic E-state index is 12.6. The van der Waals surface area contributed by atoms with Gasteiger partial charge in [0.05, 0.1) is 12.0 Å². The van der Waals surface area contributed by atoms with E-state index in [1.807, 2.05) is 11.8 Å². The van der Waals surface area contributed by atoms with Crippen LogP contribution in [0.15, 0.2) is 24.3 Å². The Hall–Kier alpha value is -1.56. The number of nitrogens with zero attached hydrogens (tertiary/aromatic N) is 1. The Kier molecular flexibility index (Phi) is 5.56. The summed E-state index contributed by atoms with van der Waals surface area (Å²) in [5.41, 5.74) is -0.157. The zero-order valence-electron chi connectivity index (χ0n) is 11.4. The largest absolute Gasteiger partial charge is 0.481 e. The Morgan fingerprint density at radius 2 is 2.05 bits per heavy atom. The molecular formula is C14H18F3NO2. The second kappa shape index (κ2) is 6.74. The Balaban J connectivity index is 2.82. The molecule has 0 fully saturated rings. The zero-order chi connectivity index (χ0) is 15.3. The fraction of sp³-hybridized carbons (Fsp3) is 0.500. The molecule has 1 aromatic rings. The van der Waals surface area contributed by atoms with Crippen LogP contribution < -0.4 is 0 Å². The van der Waals surface area contributed by atoms with Crippen LogP contribution in [-0.2, 0) is 17.5 Å². The third-order valence-electron chi connectivity index (χ3n) is 3.14. The highest BCUT2D eigenvalue weighted by Crippen LogP contribution is 2.29. The molecule has 112 valence electrons. The molecule has 0 saturated carbocycles. The molecule has 1 unspecified atom stereocenters. The van der Waals surface area contributed by atoms with Crippen molar-refractivity contribution in [1.29, 1.82) is 0 Å². The van der Waals surface area contributed by atoms with Crippen LogP contribution in [0.25, 0.3) is 0 Å². The van der Waals surface area contributed by atoms with Gasteiger partial charge >= 0.3 is 12.1 Å². The first-order valence-corrected chi connectivity index (χ1v) is 6.36. The van der Waals surface area contributed by atoms with E-state index in [9.17, 15) is 18.0 Å². The highest BCUT2D eigenvalue weighted by atomic mass is 19.4. The number of aliphatic carboxylic acids is 1. The Labute approximate surface area is 116 Å². The zero-order valence-corrected chi connectivity index (χ0v) is 11.4. The fourth-order valence-corrected chi connectivity index (χ4v) is 2.04. The molecule has 0 heterocycles. The van der Waals surface area contributed by atoms with E-state index in [1.165, 1.54) is 6.07 Å². The lowest BCUT2D eigenvalue weighted by Crippen LogP contribution is -2.34. The summed E-state index contributed by atoms with van der Waals surface area (Å²) in [4.78, 5) is 12.5. The Morgan fingerprint density at radius 1 is 1.40 bits per heavy atom. The molecule has 6 heteroatoms. The highest BCUT2D eigenvalue weighted by molar-refractivity contribution is 5.67. The number of carboxylic acids is 1. The van der Waals surface area contributed by atoms with Crippen LogP contribution in [0.3, 0.4) is 0 Å². The van der Waals surface area contributed by atoms with Crippen LogP contribution in [0.5, 0.6) is 0 Å². The van der Waals surface area contributed by atoms with Crippen molar-refractivity contribution in [3.05, 3.63) is 35.4 Å². The number of hydrogen-bond donors (Lipinski definition) is 1. The van der Waals surface area contributed by atoms with Crippen molar-refractivity contribution in [2.24, 2.45) is 0 Å². The monoisotopic (exact) mass is 289 g/mol. The molecule has 0 saturated heterocycles. The molecule has 0 aliphatic carbocycles. The lowest BCUT2D eigenvalue weighted by atomic mass is 10.1. The number of rotatable bonds is 6. The molecule has 0 radical (unpaired) electrons. The third-order valence-corrected chi connectivity index (χ3v) is 3.14. The molecule has 0 bridgehead atoms. The molecule has 1 atom stereocenters. The molecule has 1 rings (SSSR count). The molecule has 1 aromatic carbocycles. The van der Waals surface area contributed by atoms with Crippen molar-refractivity contribution in [2.75, 3.05) is 6.54 Å². The maximum absolute atomic E-state index is 12.6. The smallest absolute Gasteiger partial charge is 0.416 e. The molecule has 0 aliphatic rings. The standard InChI is InChI=1S/C14H18F3NO2/c1-3-18(10(2)7-13(19)20)9-11-5-4-6-12(8-11)14(15,16)17/h4-6,8,10H,3,7,9H2,1-2H3,(H,19,20). The lowest BCUT2D eigenvalue weighted by Gasteiger charge is -2.27. The molecule has 3 nitrogen and oxygen atoms in total. The third kappa shape index (κ3) is 4.85. The van der Waals surface area contributed by atoms with Gasteiger partial charge in [-0.25, -0.2) is 0 Å². The summed E-state index contributed by atoms with van der Waals surface area (Å²) in [6.07, 6.45) is -4.40. The molecule has 1 N–H and O–H groups in total. The molecule has 0 aliphatic heterocycles. The Morgan fingerprint density at radius 3 is 2.55 bits per heavy atom. The number of carboxylic acid groups (broad SMARTS) is 1. The summed E-state index contributed by atoms with van der Waals surface area (Å²) in [6.45, 7) is 4.48. The van der Waals surface area contributed by atoms with E-state index in [4.69, 9.17) is 5.11 Å². The SMILES string of the molecule is CCN(Cc1cccc(C(F)(F)F)c1)C(C)CC(=O)O. The maximum Gasteiger partial charge on any atom is 0.416 e. The molecule has 0 aromatic heterocycles. The van der Waals surface area contributed by atoms with E-state index < -0.39 is 17.7 Å². The van der Waals surface area contributed by atoms with Crippen LogP contribution >= 0.6 is 0 Å². The molecular weight excluding hydrogens is 271 g/mol. The van der Waals surface area contributed by atoms with Gasteiger partial charge in [-0.1, -0.05) is 25.1 Å². The minimum absolute atomic E-state index is 0.0349. The summed E-state index contributed by atoms with van der Waals surface area (Å²) < 4.78 is 37.9. The first kappa shape index (κ1) is 16.5. The molecule has 0 spiro atoms. The highest BCUT2D eigenvalue weighted by Gasteiger charge is 2.30. The van der Waals surface area contributed by atoms with Gasteiger partial charge in [0.25, 0.3) is 0 Å². The van der Waals surface area contributed by atoms with Gasteiger partial charge in [-0.15, -0.1) is 0 Å². The summed E-state index contributed by atoms with van der Waals surface area (Å²) in [5.74, 6) is -0.917. The number of benzene rings is 1. The van der Waals surface area contributed by atoms with Crippen molar-refractivity contribution in [1.82, 2.24) is 4.90 Å². The van der Waals surface area contributed by atoms with Gasteiger partial charge in [0.15, 0.2) is 0 Å². The second-order valence-electron chi connectivity index (χ2n) is 4.71. The van der Waals surface area contributed by atoms with Gasteiger partial charge in [0.2, 0.25) is 0 Å². The van der Waals surface area contributed by atoms with Crippen molar-refractivity contribution in [2.45, 2.75) is 39.0 Å². The molecule has 0 amide bonds. The van der Waals surface area contributed by atoms with E-state index in [2.05, 4.69) is 0 Å². The van der Waals surface area contributed by atoms with E-state index in [0.717, 1.165) is 12.1 Å². The average molecular weight is 289 g/mol. The van der Waals surface area contributed by atoms with E-state index >= 15 is 0 Å². The minimum atomic E-state index is -4.36. The van der Waals surface area contributed by atoms with Crippen molar-refractivity contribution in [3.8, 4) is 0 Å². The predicted molar refractivity (Wildman–Crippen MR) is 69.2 cm³/mol. The predicted octanol–water partition coefficient (Wildman–Crippen LogP) is 3.39. The van der Waals surface area contributed by atoms with Crippen LogP contribution in [-0.4, -0.2) is 28.6 Å². The summed E-state index contributed by atoms with van der Waals surface area (Å²) in [7, 11) is 0. The van der Waals surface area contributed by atoms with Gasteiger partial charge in [-0.3, -0.25) is 9.69 Å². The quantitative estimate of drug-likeness (QED) is 0.872. The summed E-state index contributed by atoms with van der Waals surface area (Å²) >= 11 is 0. The first-order valence-electron chi connectivity index (χ1n) is 6.36. The average Bonchev–Trinajstić information content (AvgIpc) is 2.34. The van der Waals surface area contributed by atoms with Gasteiger partial charge in [0, 0.05) is 12.6 Å². The molecule has 20 heavy (non-hydrogen) atoms. The Bertz CT molecular complexity index is 460. The number of halogens is 3. The van der Waals surface area contributed by atoms with E-state index in [0.29, 0.717) is 18.7 Å². The van der Waals surface area contributed by atoms with Crippen LogP contribution in [0, 0.1) is 0 Å². The summed E-state index contributed by atoms with van der Waals surface area (Å²) in [6, 6.07) is 4.89. The lowest BCUT2D eigenvalue weighted by molar-refractivity contribution is -0.138. The normalized spacial score (nSPS) is 13.5. The van der Waals surface area contributed by atoms with Crippen LogP contribution in [0.4, 0.5) is 13.2 Å². The van der Waals surface area contributed by atoms with Gasteiger partial charge in [-0.05, 0) is 25.1 Å². The van der Waals surface area contributed by atoms with Crippen molar-refractivity contribution in [3.63, 3.8) is 0 Å². The first-order chi connectivity index (χ1) is 9.24. The van der Waals surface area contributed by atoms with Gasteiger partial charge in [0.1, 0.15) is 0 Å². The van der Waals surface area contributed by atoms with E-state index in [-0.39, 0.29) is 12.5 Å². The van der Waals surface area contributed by atoms with Crippen molar-refractivity contribution >= 4 is 5.97 Å². The van der Waals surface area contributed by atoms with Gasteiger partial charge < -0.3 is 5.11 Å². The van der Waals surface area contributed by atoms with Crippen LogP contribution in [0.2, 0.25) is 0 Å². The van der Waals surface area contributed by atoms with Gasteiger partial charge in [-0.2, -0.15) is 13.2 Å². The number of carbonyl (C=O) groups is 1. The fourth-order valence-electron chi connectivity index (χ4n) is 2.04. The van der Waals surface area contributed by atoms with Crippen LogP contribution in [0.1, 0.15) is 31.4 Å².